The minimum Gasteiger partial charge on any atom is -0.465 e. The summed E-state index contributed by atoms with van der Waals surface area (Å²) in [7, 11) is 1.31. The summed E-state index contributed by atoms with van der Waals surface area (Å²) in [4.78, 5) is 25.9. The third-order valence-electron chi connectivity index (χ3n) is 3.43. The van der Waals surface area contributed by atoms with Crippen LogP contribution in [0.1, 0.15) is 29.4 Å². The number of anilines is 1. The fraction of sp³-hybridized carbons (Fsp3) is 0.571. The van der Waals surface area contributed by atoms with Crippen LogP contribution in [-0.2, 0) is 9.53 Å². The lowest BCUT2D eigenvalue weighted by Crippen LogP contribution is -2.48. The summed E-state index contributed by atoms with van der Waals surface area (Å²) in [5.74, 6) is -0.655. The lowest BCUT2D eigenvalue weighted by molar-refractivity contribution is -0.118. The van der Waals surface area contributed by atoms with Crippen molar-refractivity contribution in [2.75, 3.05) is 32.1 Å². The Morgan fingerprint density at radius 2 is 2.33 bits per heavy atom. The minimum absolute atomic E-state index is 0.198. The van der Waals surface area contributed by atoms with Crippen LogP contribution in [0.2, 0.25) is 0 Å². The molecule has 2 N–H and O–H groups in total. The summed E-state index contributed by atoms with van der Waals surface area (Å²) >= 11 is 1.23. The summed E-state index contributed by atoms with van der Waals surface area (Å²) in [5.41, 5.74) is -0.265. The molecular formula is C14H20N2O4S. The molecule has 2 rings (SSSR count). The Morgan fingerprint density at radius 1 is 1.57 bits per heavy atom. The highest BCUT2D eigenvalue weighted by molar-refractivity contribution is 7.12. The molecule has 6 nitrogen and oxygen atoms in total. The largest absolute Gasteiger partial charge is 0.465 e. The topological polar surface area (TPSA) is 78.9 Å². The zero-order chi connectivity index (χ0) is 15.5. The Kier molecular flexibility index (Phi) is 4.97. The van der Waals surface area contributed by atoms with Gasteiger partial charge in [0, 0.05) is 6.54 Å². The molecule has 0 aliphatic carbocycles. The van der Waals surface area contributed by atoms with Gasteiger partial charge in [-0.05, 0) is 37.8 Å². The first kappa shape index (κ1) is 15.9. The Bertz CT molecular complexity index is 527. The zero-order valence-corrected chi connectivity index (χ0v) is 13.0. The minimum atomic E-state index is -0.738. The van der Waals surface area contributed by atoms with Gasteiger partial charge in [0.05, 0.1) is 24.9 Å². The molecule has 21 heavy (non-hydrogen) atoms. The van der Waals surface area contributed by atoms with Gasteiger partial charge in [-0.25, -0.2) is 4.79 Å². The van der Waals surface area contributed by atoms with Crippen molar-refractivity contribution in [2.45, 2.75) is 25.4 Å². The van der Waals surface area contributed by atoms with E-state index in [-0.39, 0.29) is 12.5 Å². The van der Waals surface area contributed by atoms with E-state index in [1.165, 1.54) is 18.4 Å². The van der Waals surface area contributed by atoms with Gasteiger partial charge in [0.1, 0.15) is 4.88 Å². The molecule has 1 unspecified atom stereocenters. The predicted octanol–water partition coefficient (Wildman–Crippen LogP) is 1.32. The number of thiophene rings is 1. The highest BCUT2D eigenvalue weighted by Gasteiger charge is 2.29. The molecule has 1 fully saturated rings. The van der Waals surface area contributed by atoms with Crippen LogP contribution in [0, 0.1) is 0 Å². The van der Waals surface area contributed by atoms with Crippen LogP contribution in [0.4, 0.5) is 5.69 Å². The van der Waals surface area contributed by atoms with Crippen molar-refractivity contribution in [2.24, 2.45) is 0 Å². The average molecular weight is 312 g/mol. The molecule has 1 amide bonds. The van der Waals surface area contributed by atoms with Crippen molar-refractivity contribution in [3.63, 3.8) is 0 Å². The quantitative estimate of drug-likeness (QED) is 0.820. The first-order valence-electron chi connectivity index (χ1n) is 6.82. The lowest BCUT2D eigenvalue weighted by Gasteiger charge is -2.36. The number of β-amino-alcohol motifs (C(OH)–C–C–N with tert-alkyl or cyclic N) is 1. The number of ether oxygens (including phenoxy) is 1. The summed E-state index contributed by atoms with van der Waals surface area (Å²) in [5, 5.41) is 14.5. The van der Waals surface area contributed by atoms with Crippen molar-refractivity contribution in [3.8, 4) is 0 Å². The Labute approximate surface area is 127 Å². The van der Waals surface area contributed by atoms with Gasteiger partial charge in [0.2, 0.25) is 5.91 Å². The first-order chi connectivity index (χ1) is 9.91. The Hall–Kier alpha value is -1.44. The number of esters is 1. The predicted molar refractivity (Wildman–Crippen MR) is 80.6 cm³/mol. The number of hydrogen-bond donors (Lipinski definition) is 2. The molecule has 1 aromatic rings. The van der Waals surface area contributed by atoms with E-state index in [1.54, 1.807) is 18.4 Å². The molecule has 1 aromatic heterocycles. The number of rotatable bonds is 4. The van der Waals surface area contributed by atoms with Gasteiger partial charge < -0.3 is 15.2 Å². The van der Waals surface area contributed by atoms with E-state index in [2.05, 4.69) is 10.1 Å². The van der Waals surface area contributed by atoms with Gasteiger partial charge in [-0.3, -0.25) is 9.69 Å². The van der Waals surface area contributed by atoms with E-state index >= 15 is 0 Å². The van der Waals surface area contributed by atoms with Crippen molar-refractivity contribution in [1.82, 2.24) is 4.90 Å². The lowest BCUT2D eigenvalue weighted by atomic mass is 9.95. The van der Waals surface area contributed by atoms with Crippen LogP contribution < -0.4 is 5.32 Å². The van der Waals surface area contributed by atoms with Crippen LogP contribution in [0.25, 0.3) is 0 Å². The molecule has 1 atom stereocenters. The van der Waals surface area contributed by atoms with E-state index in [0.717, 1.165) is 19.4 Å². The smallest absolute Gasteiger partial charge is 0.350 e. The highest BCUT2D eigenvalue weighted by atomic mass is 32.1. The molecule has 1 saturated heterocycles. The Morgan fingerprint density at radius 3 is 3.00 bits per heavy atom. The number of nitrogens with one attached hydrogen (secondary N) is 1. The fourth-order valence-corrected chi connectivity index (χ4v) is 3.28. The average Bonchev–Trinajstić information content (AvgIpc) is 2.84. The molecule has 0 saturated carbocycles. The van der Waals surface area contributed by atoms with Crippen molar-refractivity contribution in [3.05, 3.63) is 16.3 Å². The number of amides is 1. The molecule has 7 heteroatoms. The van der Waals surface area contributed by atoms with E-state index in [9.17, 15) is 14.7 Å². The summed E-state index contributed by atoms with van der Waals surface area (Å²) in [6.07, 6.45) is 1.62. The van der Waals surface area contributed by atoms with Gasteiger partial charge in [0.25, 0.3) is 0 Å². The maximum absolute atomic E-state index is 12.1. The number of carbonyl (C=O) groups is 2. The number of nitrogens with zero attached hydrogens (tertiary/aromatic N) is 1. The summed E-state index contributed by atoms with van der Waals surface area (Å²) in [6, 6.07) is 1.68. The van der Waals surface area contributed by atoms with Crippen molar-refractivity contribution < 1.29 is 19.4 Å². The van der Waals surface area contributed by atoms with E-state index < -0.39 is 11.6 Å². The van der Waals surface area contributed by atoms with Gasteiger partial charge in [-0.15, -0.1) is 11.3 Å². The van der Waals surface area contributed by atoms with E-state index in [0.29, 0.717) is 17.1 Å². The normalized spacial score (nSPS) is 22.8. The molecule has 0 spiro atoms. The third kappa shape index (κ3) is 4.26. The van der Waals surface area contributed by atoms with Crippen LogP contribution in [0.3, 0.4) is 0 Å². The summed E-state index contributed by atoms with van der Waals surface area (Å²) in [6.45, 7) is 3.25. The second kappa shape index (κ2) is 6.55. The second-order valence-corrected chi connectivity index (χ2v) is 6.43. The maximum atomic E-state index is 12.1. The molecule has 116 valence electrons. The monoisotopic (exact) mass is 312 g/mol. The van der Waals surface area contributed by atoms with Crippen molar-refractivity contribution in [1.29, 1.82) is 0 Å². The first-order valence-corrected chi connectivity index (χ1v) is 7.70. The molecule has 0 radical (unpaired) electrons. The fourth-order valence-electron chi connectivity index (χ4n) is 2.51. The maximum Gasteiger partial charge on any atom is 0.350 e. The van der Waals surface area contributed by atoms with Gasteiger partial charge in [-0.1, -0.05) is 0 Å². The molecular weight excluding hydrogens is 292 g/mol. The zero-order valence-electron chi connectivity index (χ0n) is 12.2. The Balaban J connectivity index is 1.93. The number of carbonyl (C=O) groups excluding carboxylic acids is 2. The number of aliphatic hydroxyl groups is 1. The number of piperidine rings is 1. The molecule has 1 aliphatic heterocycles. The molecule has 2 heterocycles. The number of methoxy groups -OCH3 is 1. The molecule has 0 bridgehead atoms. The van der Waals surface area contributed by atoms with Crippen molar-refractivity contribution >= 4 is 28.9 Å². The van der Waals surface area contributed by atoms with Crippen LogP contribution in [0.15, 0.2) is 11.4 Å². The summed E-state index contributed by atoms with van der Waals surface area (Å²) < 4.78 is 4.67. The van der Waals surface area contributed by atoms with Crippen LogP contribution in [-0.4, -0.2) is 54.2 Å². The highest BCUT2D eigenvalue weighted by Crippen LogP contribution is 2.24. The van der Waals surface area contributed by atoms with Crippen LogP contribution >= 0.6 is 11.3 Å². The number of likely N-dealkylation sites (tertiary alicyclic amines) is 1. The van der Waals surface area contributed by atoms with E-state index in [4.69, 9.17) is 0 Å². The van der Waals surface area contributed by atoms with Gasteiger partial charge in [0.15, 0.2) is 0 Å². The third-order valence-corrected chi connectivity index (χ3v) is 4.33. The van der Waals surface area contributed by atoms with E-state index in [1.807, 2.05) is 4.90 Å². The molecule has 0 aromatic carbocycles. The van der Waals surface area contributed by atoms with Gasteiger partial charge in [-0.2, -0.15) is 0 Å². The van der Waals surface area contributed by atoms with Gasteiger partial charge >= 0.3 is 5.97 Å². The molecule has 1 aliphatic rings. The second-order valence-electron chi connectivity index (χ2n) is 5.51. The standard InChI is InChI=1S/C14H20N2O4S/c1-14(19)5-3-6-16(9-14)8-11(17)15-10-4-7-21-12(10)13(18)20-2/h4,7,19H,3,5-6,8-9H2,1-2H3,(H,15,17). The number of hydrogen-bond acceptors (Lipinski definition) is 6. The van der Waals surface area contributed by atoms with Crippen LogP contribution in [0.5, 0.6) is 0 Å². The SMILES string of the molecule is COC(=O)c1sccc1NC(=O)CN1CCCC(C)(O)C1.